The van der Waals surface area contributed by atoms with Crippen LogP contribution in [0.2, 0.25) is 0 Å². The van der Waals surface area contributed by atoms with Gasteiger partial charge in [-0.3, -0.25) is 14.9 Å². The van der Waals surface area contributed by atoms with E-state index in [1.54, 1.807) is 6.07 Å². The molecule has 0 bridgehead atoms. The van der Waals surface area contributed by atoms with Gasteiger partial charge < -0.3 is 5.11 Å². The summed E-state index contributed by atoms with van der Waals surface area (Å²) in [5.74, 6) is -1.08. The van der Waals surface area contributed by atoms with Crippen molar-refractivity contribution in [1.29, 1.82) is 5.26 Å². The molecule has 1 aromatic carbocycles. The van der Waals surface area contributed by atoms with Gasteiger partial charge in [0.2, 0.25) is 0 Å². The Hall–Kier alpha value is -2.42. The summed E-state index contributed by atoms with van der Waals surface area (Å²) >= 11 is 0. The second kappa shape index (κ2) is 4.19. The third-order valence-electron chi connectivity index (χ3n) is 1.77. The van der Waals surface area contributed by atoms with Crippen molar-refractivity contribution in [2.75, 3.05) is 0 Å². The van der Waals surface area contributed by atoms with Crippen LogP contribution in [0.25, 0.3) is 0 Å². The molecule has 0 atom stereocenters. The fraction of sp³-hybridized carbons (Fsp3) is 0.111. The minimum absolute atomic E-state index is 0.0200. The zero-order valence-corrected chi connectivity index (χ0v) is 7.51. The lowest BCUT2D eigenvalue weighted by Gasteiger charge is -1.99. The van der Waals surface area contributed by atoms with Gasteiger partial charge in [0.05, 0.1) is 23.0 Å². The molecule has 0 unspecified atom stereocenters. The van der Waals surface area contributed by atoms with Crippen molar-refractivity contribution in [2.24, 2.45) is 0 Å². The van der Waals surface area contributed by atoms with Crippen molar-refractivity contribution < 1.29 is 14.8 Å². The summed E-state index contributed by atoms with van der Waals surface area (Å²) in [6.07, 6.45) is -0.319. The number of carbonyl (C=O) groups is 1. The number of nitro groups is 1. The highest BCUT2D eigenvalue weighted by Gasteiger charge is 2.12. The van der Waals surface area contributed by atoms with E-state index in [-0.39, 0.29) is 23.2 Å². The smallest absolute Gasteiger partial charge is 0.307 e. The molecule has 0 saturated carbocycles. The Kier molecular flexibility index (Phi) is 2.98. The van der Waals surface area contributed by atoms with Gasteiger partial charge in [-0.05, 0) is 5.56 Å². The predicted octanol–water partition coefficient (Wildman–Crippen LogP) is 1.09. The van der Waals surface area contributed by atoms with Crippen LogP contribution >= 0.6 is 0 Å². The number of hydrogen-bond donors (Lipinski definition) is 1. The third kappa shape index (κ3) is 2.51. The molecule has 1 N–H and O–H groups in total. The first-order chi connectivity index (χ1) is 7.04. The quantitative estimate of drug-likeness (QED) is 0.588. The summed E-state index contributed by atoms with van der Waals surface area (Å²) < 4.78 is 0. The number of carboxylic acid groups (broad SMARTS) is 1. The van der Waals surface area contributed by atoms with E-state index in [9.17, 15) is 14.9 Å². The van der Waals surface area contributed by atoms with Gasteiger partial charge in [0, 0.05) is 12.1 Å². The first-order valence-corrected chi connectivity index (χ1v) is 3.94. The summed E-state index contributed by atoms with van der Waals surface area (Å²) in [4.78, 5) is 20.2. The van der Waals surface area contributed by atoms with Crippen molar-refractivity contribution in [1.82, 2.24) is 0 Å². The number of hydrogen-bond acceptors (Lipinski definition) is 4. The topological polar surface area (TPSA) is 104 Å². The molecule has 0 aliphatic heterocycles. The van der Waals surface area contributed by atoms with E-state index in [1.165, 1.54) is 12.1 Å². The normalized spacial score (nSPS) is 9.27. The van der Waals surface area contributed by atoms with Crippen LogP contribution < -0.4 is 0 Å². The molecule has 0 aromatic heterocycles. The molecule has 1 rings (SSSR count). The molecule has 0 amide bonds. The summed E-state index contributed by atoms with van der Waals surface area (Å²) in [5, 5.41) is 27.6. The van der Waals surface area contributed by atoms with Crippen molar-refractivity contribution >= 4 is 11.7 Å². The van der Waals surface area contributed by atoms with Crippen LogP contribution in [0, 0.1) is 21.4 Å². The van der Waals surface area contributed by atoms with E-state index in [4.69, 9.17) is 10.4 Å². The maximum absolute atomic E-state index is 10.4. The summed E-state index contributed by atoms with van der Waals surface area (Å²) in [5.41, 5.74) is 0.0721. The first kappa shape index (κ1) is 10.7. The van der Waals surface area contributed by atoms with Gasteiger partial charge in [-0.25, -0.2) is 0 Å². The molecule has 0 spiro atoms. The maximum Gasteiger partial charge on any atom is 0.307 e. The van der Waals surface area contributed by atoms with E-state index in [0.29, 0.717) is 0 Å². The van der Waals surface area contributed by atoms with Crippen molar-refractivity contribution in [2.45, 2.75) is 6.42 Å². The largest absolute Gasteiger partial charge is 0.481 e. The number of nitro benzene ring substituents is 1. The van der Waals surface area contributed by atoms with Crippen LogP contribution in [0.15, 0.2) is 18.2 Å². The molecule has 0 radical (unpaired) electrons. The number of non-ortho nitro benzene ring substituents is 1. The van der Waals surface area contributed by atoms with Crippen LogP contribution in [-0.4, -0.2) is 16.0 Å². The standard InChI is InChI=1S/C9H6N2O4/c10-5-7-3-8(11(14)15)2-1-6(7)4-9(12)13/h1-3H,4H2,(H,12,13). The van der Waals surface area contributed by atoms with E-state index < -0.39 is 10.9 Å². The predicted molar refractivity (Wildman–Crippen MR) is 49.2 cm³/mol. The number of nitrogens with zero attached hydrogens (tertiary/aromatic N) is 2. The summed E-state index contributed by atoms with van der Waals surface area (Å²) in [6.45, 7) is 0. The lowest BCUT2D eigenvalue weighted by molar-refractivity contribution is -0.384. The number of nitriles is 1. The van der Waals surface area contributed by atoms with Gasteiger partial charge >= 0.3 is 5.97 Å². The Morgan fingerprint density at radius 1 is 1.60 bits per heavy atom. The molecule has 0 fully saturated rings. The lowest BCUT2D eigenvalue weighted by atomic mass is 10.0. The Morgan fingerprint density at radius 2 is 2.27 bits per heavy atom. The molecule has 6 heteroatoms. The van der Waals surface area contributed by atoms with E-state index >= 15 is 0 Å². The average molecular weight is 206 g/mol. The summed E-state index contributed by atoms with van der Waals surface area (Å²) in [6, 6.07) is 5.26. The van der Waals surface area contributed by atoms with Gasteiger partial charge in [-0.2, -0.15) is 5.26 Å². The Labute approximate surface area is 84.5 Å². The maximum atomic E-state index is 10.4. The zero-order chi connectivity index (χ0) is 11.4. The number of aliphatic carboxylic acids is 1. The number of rotatable bonds is 3. The molecule has 1 aromatic rings. The molecule has 0 saturated heterocycles. The average Bonchev–Trinajstić information content (AvgIpc) is 2.17. The molecule has 0 aliphatic rings. The zero-order valence-electron chi connectivity index (χ0n) is 7.51. The first-order valence-electron chi connectivity index (χ1n) is 3.94. The minimum Gasteiger partial charge on any atom is -0.481 e. The van der Waals surface area contributed by atoms with Gasteiger partial charge in [-0.15, -0.1) is 0 Å². The van der Waals surface area contributed by atoms with E-state index in [0.717, 1.165) is 6.07 Å². The second-order valence-corrected chi connectivity index (χ2v) is 2.78. The fourth-order valence-corrected chi connectivity index (χ4v) is 1.10. The molecular formula is C9H6N2O4. The Bertz CT molecular complexity index is 462. The van der Waals surface area contributed by atoms with Crippen molar-refractivity contribution in [3.8, 4) is 6.07 Å². The Morgan fingerprint density at radius 3 is 2.73 bits per heavy atom. The molecule has 0 aliphatic carbocycles. The molecule has 6 nitrogen and oxygen atoms in total. The van der Waals surface area contributed by atoms with Crippen molar-refractivity contribution in [3.05, 3.63) is 39.4 Å². The molecule has 15 heavy (non-hydrogen) atoms. The monoisotopic (exact) mass is 206 g/mol. The minimum atomic E-state index is -1.08. The van der Waals surface area contributed by atoms with Crippen LogP contribution in [0.5, 0.6) is 0 Å². The summed E-state index contributed by atoms with van der Waals surface area (Å²) in [7, 11) is 0. The highest BCUT2D eigenvalue weighted by molar-refractivity contribution is 5.71. The van der Waals surface area contributed by atoms with Crippen LogP contribution in [0.4, 0.5) is 5.69 Å². The lowest BCUT2D eigenvalue weighted by Crippen LogP contribution is -2.02. The fourth-order valence-electron chi connectivity index (χ4n) is 1.10. The third-order valence-corrected chi connectivity index (χ3v) is 1.77. The van der Waals surface area contributed by atoms with Gasteiger partial charge in [-0.1, -0.05) is 6.07 Å². The van der Waals surface area contributed by atoms with Gasteiger partial charge in [0.1, 0.15) is 0 Å². The van der Waals surface area contributed by atoms with Gasteiger partial charge in [0.15, 0.2) is 0 Å². The number of carboxylic acids is 1. The van der Waals surface area contributed by atoms with Crippen LogP contribution in [0.1, 0.15) is 11.1 Å². The van der Waals surface area contributed by atoms with E-state index in [1.807, 2.05) is 0 Å². The van der Waals surface area contributed by atoms with E-state index in [2.05, 4.69) is 0 Å². The molecule has 0 heterocycles. The SMILES string of the molecule is N#Cc1cc([N+](=O)[O-])ccc1CC(=O)O. The molecular weight excluding hydrogens is 200 g/mol. The highest BCUT2D eigenvalue weighted by atomic mass is 16.6. The Balaban J connectivity index is 3.16. The highest BCUT2D eigenvalue weighted by Crippen LogP contribution is 2.17. The van der Waals surface area contributed by atoms with Gasteiger partial charge in [0.25, 0.3) is 5.69 Å². The second-order valence-electron chi connectivity index (χ2n) is 2.78. The van der Waals surface area contributed by atoms with Crippen LogP contribution in [-0.2, 0) is 11.2 Å². The van der Waals surface area contributed by atoms with Crippen LogP contribution in [0.3, 0.4) is 0 Å². The van der Waals surface area contributed by atoms with Crippen molar-refractivity contribution in [3.63, 3.8) is 0 Å². The molecule has 76 valence electrons. The number of benzene rings is 1.